The van der Waals surface area contributed by atoms with Crippen molar-refractivity contribution in [2.24, 2.45) is 5.92 Å². The van der Waals surface area contributed by atoms with E-state index in [4.69, 9.17) is 10.5 Å². The van der Waals surface area contributed by atoms with Crippen molar-refractivity contribution in [3.8, 4) is 12.1 Å². The fourth-order valence-electron chi connectivity index (χ4n) is 1.76. The smallest absolute Gasteiger partial charge is 0.143 e. The fraction of sp³-hybridized carbons (Fsp3) is 0.167. The van der Waals surface area contributed by atoms with Gasteiger partial charge in [-0.2, -0.15) is 10.5 Å². The van der Waals surface area contributed by atoms with E-state index in [2.05, 4.69) is 0 Å². The third-order valence-corrected chi connectivity index (χ3v) is 2.48. The van der Waals surface area contributed by atoms with Crippen LogP contribution in [0.15, 0.2) is 30.3 Å². The van der Waals surface area contributed by atoms with Crippen LogP contribution in [0.2, 0.25) is 0 Å². The molecule has 0 aromatic heterocycles. The molecule has 0 heterocycles. The van der Waals surface area contributed by atoms with Crippen molar-refractivity contribution in [2.45, 2.75) is 5.92 Å². The SMILES string of the molecule is N#CC(C#N)C1C=Cc2ccccc21. The number of hydrogen-bond donors (Lipinski definition) is 0. The molecule has 0 N–H and O–H groups in total. The van der Waals surface area contributed by atoms with Crippen LogP contribution in [0.25, 0.3) is 6.08 Å². The average molecular weight is 180 g/mol. The molecule has 14 heavy (non-hydrogen) atoms. The van der Waals surface area contributed by atoms with E-state index in [0.29, 0.717) is 0 Å². The fourth-order valence-corrected chi connectivity index (χ4v) is 1.76. The van der Waals surface area contributed by atoms with E-state index in [-0.39, 0.29) is 5.92 Å². The monoisotopic (exact) mass is 180 g/mol. The van der Waals surface area contributed by atoms with E-state index in [1.54, 1.807) is 0 Å². The van der Waals surface area contributed by atoms with Crippen molar-refractivity contribution in [1.29, 1.82) is 10.5 Å². The van der Waals surface area contributed by atoms with Gasteiger partial charge in [-0.15, -0.1) is 0 Å². The van der Waals surface area contributed by atoms with Gasteiger partial charge in [0.1, 0.15) is 5.92 Å². The third kappa shape index (κ3) is 1.18. The Labute approximate surface area is 82.7 Å². The Morgan fingerprint density at radius 1 is 1.14 bits per heavy atom. The van der Waals surface area contributed by atoms with Crippen LogP contribution in [0, 0.1) is 28.6 Å². The lowest BCUT2D eigenvalue weighted by molar-refractivity contribution is 0.743. The van der Waals surface area contributed by atoms with Crippen LogP contribution in [0.5, 0.6) is 0 Å². The minimum Gasteiger partial charge on any atom is -0.197 e. The topological polar surface area (TPSA) is 47.6 Å². The summed E-state index contributed by atoms with van der Waals surface area (Å²) >= 11 is 0. The molecule has 1 atom stereocenters. The molecule has 2 nitrogen and oxygen atoms in total. The first kappa shape index (κ1) is 8.53. The van der Waals surface area contributed by atoms with Crippen molar-refractivity contribution in [1.82, 2.24) is 0 Å². The van der Waals surface area contributed by atoms with Gasteiger partial charge in [-0.05, 0) is 11.1 Å². The summed E-state index contributed by atoms with van der Waals surface area (Å²) in [4.78, 5) is 0. The predicted octanol–water partition coefficient (Wildman–Crippen LogP) is 2.46. The van der Waals surface area contributed by atoms with Crippen LogP contribution in [-0.4, -0.2) is 0 Å². The molecule has 2 rings (SSSR count). The summed E-state index contributed by atoms with van der Waals surface area (Å²) in [5.41, 5.74) is 2.20. The van der Waals surface area contributed by atoms with E-state index >= 15 is 0 Å². The summed E-state index contributed by atoms with van der Waals surface area (Å²) in [7, 11) is 0. The van der Waals surface area contributed by atoms with Crippen LogP contribution >= 0.6 is 0 Å². The Bertz CT molecular complexity index is 446. The van der Waals surface area contributed by atoms with Gasteiger partial charge in [0.25, 0.3) is 0 Å². The van der Waals surface area contributed by atoms with Gasteiger partial charge in [-0.25, -0.2) is 0 Å². The Balaban J connectivity index is 2.41. The number of rotatable bonds is 1. The Kier molecular flexibility index (Phi) is 2.05. The second-order valence-corrected chi connectivity index (χ2v) is 3.25. The minimum atomic E-state index is -0.574. The summed E-state index contributed by atoms with van der Waals surface area (Å²) in [6, 6.07) is 11.9. The molecule has 0 saturated heterocycles. The summed E-state index contributed by atoms with van der Waals surface area (Å²) in [6.07, 6.45) is 3.91. The second-order valence-electron chi connectivity index (χ2n) is 3.25. The molecule has 0 aliphatic heterocycles. The number of nitrogens with zero attached hydrogens (tertiary/aromatic N) is 2. The molecule has 66 valence electrons. The van der Waals surface area contributed by atoms with Gasteiger partial charge in [0.05, 0.1) is 12.1 Å². The zero-order valence-corrected chi connectivity index (χ0v) is 7.51. The third-order valence-electron chi connectivity index (χ3n) is 2.48. The Morgan fingerprint density at radius 2 is 1.86 bits per heavy atom. The number of hydrogen-bond acceptors (Lipinski definition) is 2. The first-order chi connectivity index (χ1) is 6.86. The molecular formula is C12H8N2. The van der Waals surface area contributed by atoms with Crippen molar-refractivity contribution in [3.05, 3.63) is 41.5 Å². The van der Waals surface area contributed by atoms with E-state index in [0.717, 1.165) is 11.1 Å². The van der Waals surface area contributed by atoms with Gasteiger partial charge in [0.15, 0.2) is 0 Å². The first-order valence-corrected chi connectivity index (χ1v) is 4.43. The highest BCUT2D eigenvalue weighted by Gasteiger charge is 2.25. The van der Waals surface area contributed by atoms with Gasteiger partial charge in [-0.1, -0.05) is 36.4 Å². The highest BCUT2D eigenvalue weighted by atomic mass is 14.4. The molecule has 1 unspecified atom stereocenters. The maximum Gasteiger partial charge on any atom is 0.143 e. The number of nitriles is 2. The number of allylic oxidation sites excluding steroid dienone is 1. The molecule has 0 spiro atoms. The second kappa shape index (κ2) is 3.36. The van der Waals surface area contributed by atoms with E-state index in [1.807, 2.05) is 48.6 Å². The molecule has 0 saturated carbocycles. The van der Waals surface area contributed by atoms with Gasteiger partial charge >= 0.3 is 0 Å². The molecule has 1 aliphatic rings. The van der Waals surface area contributed by atoms with Gasteiger partial charge in [-0.3, -0.25) is 0 Å². The molecule has 0 bridgehead atoms. The molecule has 0 fully saturated rings. The maximum absolute atomic E-state index is 8.81. The van der Waals surface area contributed by atoms with Crippen molar-refractivity contribution in [3.63, 3.8) is 0 Å². The molecule has 2 heteroatoms. The lowest BCUT2D eigenvalue weighted by Crippen LogP contribution is -2.05. The lowest BCUT2D eigenvalue weighted by Gasteiger charge is -2.09. The van der Waals surface area contributed by atoms with E-state index in [1.165, 1.54) is 0 Å². The quantitative estimate of drug-likeness (QED) is 0.666. The molecule has 1 aromatic carbocycles. The lowest BCUT2D eigenvalue weighted by atomic mass is 9.90. The molecule has 0 amide bonds. The average Bonchev–Trinajstić information content (AvgIpc) is 2.65. The summed E-state index contributed by atoms with van der Waals surface area (Å²) in [6.45, 7) is 0. The Morgan fingerprint density at radius 3 is 2.57 bits per heavy atom. The van der Waals surface area contributed by atoms with Gasteiger partial charge in [0, 0.05) is 5.92 Å². The van der Waals surface area contributed by atoms with E-state index in [9.17, 15) is 0 Å². The number of fused-ring (bicyclic) bond motifs is 1. The van der Waals surface area contributed by atoms with E-state index < -0.39 is 5.92 Å². The van der Waals surface area contributed by atoms with Crippen LogP contribution in [0.3, 0.4) is 0 Å². The van der Waals surface area contributed by atoms with Crippen LogP contribution < -0.4 is 0 Å². The van der Waals surface area contributed by atoms with Crippen molar-refractivity contribution in [2.75, 3.05) is 0 Å². The van der Waals surface area contributed by atoms with Crippen LogP contribution in [0.4, 0.5) is 0 Å². The standard InChI is InChI=1S/C12H8N2/c13-7-10(8-14)12-6-5-9-3-1-2-4-11(9)12/h1-6,10,12H. The normalized spacial score (nSPS) is 17.5. The van der Waals surface area contributed by atoms with Gasteiger partial charge in [0.2, 0.25) is 0 Å². The zero-order chi connectivity index (χ0) is 9.97. The van der Waals surface area contributed by atoms with Crippen LogP contribution in [-0.2, 0) is 0 Å². The molecule has 0 radical (unpaired) electrons. The molecular weight excluding hydrogens is 172 g/mol. The highest BCUT2D eigenvalue weighted by Crippen LogP contribution is 2.34. The highest BCUT2D eigenvalue weighted by molar-refractivity contribution is 5.63. The minimum absolute atomic E-state index is 0.0544. The summed E-state index contributed by atoms with van der Waals surface area (Å²) in [5, 5.41) is 17.6. The molecule has 1 aliphatic carbocycles. The maximum atomic E-state index is 8.81. The van der Waals surface area contributed by atoms with Crippen molar-refractivity contribution >= 4 is 6.08 Å². The number of benzene rings is 1. The summed E-state index contributed by atoms with van der Waals surface area (Å²) < 4.78 is 0. The first-order valence-electron chi connectivity index (χ1n) is 4.43. The summed E-state index contributed by atoms with van der Waals surface area (Å²) in [5.74, 6) is -0.629. The van der Waals surface area contributed by atoms with Crippen molar-refractivity contribution < 1.29 is 0 Å². The van der Waals surface area contributed by atoms with Gasteiger partial charge < -0.3 is 0 Å². The largest absolute Gasteiger partial charge is 0.197 e. The molecule has 1 aromatic rings. The predicted molar refractivity (Wildman–Crippen MR) is 52.9 cm³/mol. The zero-order valence-electron chi connectivity index (χ0n) is 7.51. The van der Waals surface area contributed by atoms with Crippen LogP contribution in [0.1, 0.15) is 17.0 Å². The Hall–Kier alpha value is -2.06.